The van der Waals surface area contributed by atoms with Crippen LogP contribution in [0.15, 0.2) is 23.6 Å². The third-order valence-corrected chi connectivity index (χ3v) is 5.77. The first-order chi connectivity index (χ1) is 11.0. The van der Waals surface area contributed by atoms with E-state index in [0.29, 0.717) is 16.4 Å². The Morgan fingerprint density at radius 3 is 2.65 bits per heavy atom. The number of carbonyl (C=O) groups is 1. The summed E-state index contributed by atoms with van der Waals surface area (Å²) in [6.07, 6.45) is 1.51. The van der Waals surface area contributed by atoms with Gasteiger partial charge in [-0.3, -0.25) is 5.43 Å². The van der Waals surface area contributed by atoms with Crippen molar-refractivity contribution in [3.8, 4) is 0 Å². The average Bonchev–Trinajstić information content (AvgIpc) is 3.11. The van der Waals surface area contributed by atoms with Crippen LogP contribution < -0.4 is 5.43 Å². The van der Waals surface area contributed by atoms with Crippen LogP contribution >= 0.6 is 22.7 Å². The fourth-order valence-electron chi connectivity index (χ4n) is 2.11. The molecule has 3 aromatic rings. The monoisotopic (exact) mass is 346 g/mol. The van der Waals surface area contributed by atoms with Crippen LogP contribution in [0.25, 0.3) is 10.2 Å². The zero-order valence-electron chi connectivity index (χ0n) is 12.7. The molecule has 0 bridgehead atoms. The lowest BCUT2D eigenvalue weighted by atomic mass is 10.2. The molecule has 0 aliphatic rings. The molecule has 0 aliphatic heterocycles. The van der Waals surface area contributed by atoms with Crippen molar-refractivity contribution in [3.63, 3.8) is 0 Å². The van der Waals surface area contributed by atoms with E-state index in [4.69, 9.17) is 5.11 Å². The SMILES string of the molecule is C/C(=N/Nc1ncnc2sc(C)c(C)c12)c1ccc(C(=O)O)s1. The van der Waals surface area contributed by atoms with Crippen LogP contribution in [0.3, 0.4) is 0 Å². The van der Waals surface area contributed by atoms with E-state index in [2.05, 4.69) is 27.4 Å². The normalized spacial score (nSPS) is 11.9. The number of carboxylic acids is 1. The first-order valence-corrected chi connectivity index (χ1v) is 8.45. The topological polar surface area (TPSA) is 87.5 Å². The first-order valence-electron chi connectivity index (χ1n) is 6.82. The number of hydrogen-bond acceptors (Lipinski definition) is 7. The Balaban J connectivity index is 1.91. The number of aromatic nitrogens is 2. The second-order valence-corrected chi connectivity index (χ2v) is 7.25. The van der Waals surface area contributed by atoms with Crippen LogP contribution in [0.5, 0.6) is 0 Å². The van der Waals surface area contributed by atoms with Gasteiger partial charge in [0.25, 0.3) is 0 Å². The van der Waals surface area contributed by atoms with Crippen molar-refractivity contribution in [1.82, 2.24) is 9.97 Å². The first kappa shape index (κ1) is 15.6. The van der Waals surface area contributed by atoms with E-state index in [-0.39, 0.29) is 0 Å². The molecular formula is C15H14N4O2S2. The van der Waals surface area contributed by atoms with Gasteiger partial charge in [0, 0.05) is 4.88 Å². The number of nitrogens with zero attached hydrogens (tertiary/aromatic N) is 3. The van der Waals surface area contributed by atoms with Crippen LogP contribution in [-0.4, -0.2) is 26.8 Å². The average molecular weight is 346 g/mol. The van der Waals surface area contributed by atoms with Crippen molar-refractivity contribution in [1.29, 1.82) is 0 Å². The predicted molar refractivity (Wildman–Crippen MR) is 94.0 cm³/mol. The molecule has 118 valence electrons. The van der Waals surface area contributed by atoms with Gasteiger partial charge in [0.2, 0.25) is 0 Å². The highest BCUT2D eigenvalue weighted by Crippen LogP contribution is 2.32. The summed E-state index contributed by atoms with van der Waals surface area (Å²) in [5.41, 5.74) is 4.83. The van der Waals surface area contributed by atoms with Gasteiger partial charge in [-0.15, -0.1) is 22.7 Å². The van der Waals surface area contributed by atoms with Gasteiger partial charge in [-0.2, -0.15) is 5.10 Å². The Hall–Kier alpha value is -2.32. The predicted octanol–water partition coefficient (Wildman–Crippen LogP) is 3.90. The maximum Gasteiger partial charge on any atom is 0.345 e. The lowest BCUT2D eigenvalue weighted by Crippen LogP contribution is -2.00. The molecule has 8 heteroatoms. The molecule has 23 heavy (non-hydrogen) atoms. The zero-order valence-corrected chi connectivity index (χ0v) is 14.4. The highest BCUT2D eigenvalue weighted by atomic mass is 32.1. The van der Waals surface area contributed by atoms with E-state index in [1.165, 1.54) is 22.5 Å². The number of hydrazone groups is 1. The third-order valence-electron chi connectivity index (χ3n) is 3.47. The van der Waals surface area contributed by atoms with Crippen molar-refractivity contribution in [2.45, 2.75) is 20.8 Å². The Morgan fingerprint density at radius 1 is 1.22 bits per heavy atom. The quantitative estimate of drug-likeness (QED) is 0.552. The van der Waals surface area contributed by atoms with E-state index < -0.39 is 5.97 Å². The van der Waals surface area contributed by atoms with Crippen molar-refractivity contribution in [2.75, 3.05) is 5.43 Å². The van der Waals surface area contributed by atoms with Gasteiger partial charge in [-0.05, 0) is 38.5 Å². The molecule has 3 rings (SSSR count). The van der Waals surface area contributed by atoms with E-state index in [1.807, 2.05) is 13.8 Å². The number of nitrogens with one attached hydrogen (secondary N) is 1. The number of fused-ring (bicyclic) bond motifs is 1. The summed E-state index contributed by atoms with van der Waals surface area (Å²) in [6, 6.07) is 3.33. The minimum atomic E-state index is -0.927. The smallest absolute Gasteiger partial charge is 0.345 e. The summed E-state index contributed by atoms with van der Waals surface area (Å²) < 4.78 is 0. The van der Waals surface area contributed by atoms with Crippen LogP contribution in [0.2, 0.25) is 0 Å². The van der Waals surface area contributed by atoms with Gasteiger partial charge in [0.05, 0.1) is 16.0 Å². The van der Waals surface area contributed by atoms with Crippen molar-refractivity contribution >= 4 is 50.4 Å². The summed E-state index contributed by atoms with van der Waals surface area (Å²) >= 11 is 2.82. The van der Waals surface area contributed by atoms with Gasteiger partial charge in [0.1, 0.15) is 16.0 Å². The molecule has 0 amide bonds. The van der Waals surface area contributed by atoms with Crippen molar-refractivity contribution < 1.29 is 9.90 Å². The highest BCUT2D eigenvalue weighted by Gasteiger charge is 2.12. The van der Waals surface area contributed by atoms with Crippen LogP contribution in [0.1, 0.15) is 31.9 Å². The largest absolute Gasteiger partial charge is 0.477 e. The lowest BCUT2D eigenvalue weighted by Gasteiger charge is -2.03. The van der Waals surface area contributed by atoms with Gasteiger partial charge in [-0.25, -0.2) is 14.8 Å². The van der Waals surface area contributed by atoms with E-state index >= 15 is 0 Å². The fourth-order valence-corrected chi connectivity index (χ4v) is 3.89. The van der Waals surface area contributed by atoms with Crippen molar-refractivity contribution in [3.05, 3.63) is 38.7 Å². The summed E-state index contributed by atoms with van der Waals surface area (Å²) in [5.74, 6) is -0.268. The number of rotatable bonds is 4. The molecule has 0 radical (unpaired) electrons. The number of carboxylic acid groups (broad SMARTS) is 1. The molecular weight excluding hydrogens is 332 g/mol. The van der Waals surface area contributed by atoms with Crippen LogP contribution in [0, 0.1) is 13.8 Å². The summed E-state index contributed by atoms with van der Waals surface area (Å²) in [6.45, 7) is 5.92. The van der Waals surface area contributed by atoms with Crippen molar-refractivity contribution in [2.24, 2.45) is 5.10 Å². The minimum absolute atomic E-state index is 0.295. The number of anilines is 1. The van der Waals surface area contributed by atoms with E-state index in [1.54, 1.807) is 23.5 Å². The number of thiophene rings is 2. The van der Waals surface area contributed by atoms with Crippen LogP contribution in [0.4, 0.5) is 5.82 Å². The molecule has 3 aromatic heterocycles. The molecule has 0 aliphatic carbocycles. The molecule has 0 atom stereocenters. The third kappa shape index (κ3) is 2.95. The summed E-state index contributed by atoms with van der Waals surface area (Å²) in [4.78, 5) is 22.7. The molecule has 6 nitrogen and oxygen atoms in total. The lowest BCUT2D eigenvalue weighted by molar-refractivity contribution is 0.0702. The van der Waals surface area contributed by atoms with Gasteiger partial charge in [-0.1, -0.05) is 0 Å². The van der Waals surface area contributed by atoms with Gasteiger partial charge >= 0.3 is 5.97 Å². The van der Waals surface area contributed by atoms with E-state index in [9.17, 15) is 4.79 Å². The number of aromatic carboxylic acids is 1. The number of hydrogen-bond donors (Lipinski definition) is 2. The molecule has 2 N–H and O–H groups in total. The Labute approximate surface area is 140 Å². The molecule has 3 heterocycles. The summed E-state index contributed by atoms with van der Waals surface area (Å²) in [7, 11) is 0. The highest BCUT2D eigenvalue weighted by molar-refractivity contribution is 7.18. The molecule has 0 saturated heterocycles. The zero-order chi connectivity index (χ0) is 16.6. The molecule has 0 fully saturated rings. The Kier molecular flexibility index (Phi) is 4.10. The fraction of sp³-hybridized carbons (Fsp3) is 0.200. The second-order valence-electron chi connectivity index (χ2n) is 4.96. The Morgan fingerprint density at radius 2 is 1.96 bits per heavy atom. The second kappa shape index (κ2) is 6.05. The molecule has 0 unspecified atom stereocenters. The minimum Gasteiger partial charge on any atom is -0.477 e. The maximum absolute atomic E-state index is 10.9. The Bertz CT molecular complexity index is 927. The molecule has 0 spiro atoms. The van der Waals surface area contributed by atoms with Crippen LogP contribution in [-0.2, 0) is 0 Å². The van der Waals surface area contributed by atoms with Gasteiger partial charge in [0.15, 0.2) is 5.82 Å². The number of aryl methyl sites for hydroxylation is 2. The molecule has 0 aromatic carbocycles. The van der Waals surface area contributed by atoms with E-state index in [0.717, 1.165) is 20.7 Å². The standard InChI is InChI=1S/C15H14N4O2S2/c1-7-9(3)22-14-12(7)13(16-6-17-14)19-18-8(2)10-4-5-11(23-10)15(20)21/h4-6H,1-3H3,(H,20,21)(H,16,17,19)/b18-8-. The molecule has 0 saturated carbocycles. The summed E-state index contributed by atoms with van der Waals surface area (Å²) in [5, 5.41) is 14.3. The van der Waals surface area contributed by atoms with Gasteiger partial charge < -0.3 is 5.11 Å². The maximum atomic E-state index is 10.9.